The van der Waals surface area contributed by atoms with E-state index in [1.54, 1.807) is 6.92 Å². The highest BCUT2D eigenvalue weighted by molar-refractivity contribution is 5.73. The van der Waals surface area contributed by atoms with Crippen LogP contribution in [0.1, 0.15) is 113 Å². The Bertz CT molecular complexity index is 1580. The van der Waals surface area contributed by atoms with Gasteiger partial charge in [-0.25, -0.2) is 0 Å². The number of aromatic nitrogens is 1. The second kappa shape index (κ2) is 24.3. The summed E-state index contributed by atoms with van der Waals surface area (Å²) in [6.07, 6.45) is 20.2. The lowest BCUT2D eigenvalue weighted by Crippen LogP contribution is -2.23. The number of rotatable bonds is 24. The molecule has 1 saturated carbocycles. The zero-order valence-corrected chi connectivity index (χ0v) is 32.8. The Morgan fingerprint density at radius 3 is 2.18 bits per heavy atom. The maximum absolute atomic E-state index is 12.9. The first kappa shape index (κ1) is 45.2. The lowest BCUT2D eigenvalue weighted by atomic mass is 9.85. The maximum atomic E-state index is 12.9. The fourth-order valence-electron chi connectivity index (χ4n) is 7.11. The van der Waals surface area contributed by atoms with Crippen LogP contribution in [0.2, 0.25) is 0 Å². The molecule has 10 nitrogen and oxygen atoms in total. The molecule has 4 unspecified atom stereocenters. The summed E-state index contributed by atoms with van der Waals surface area (Å²) < 4.78 is 17.3. The fourth-order valence-corrected chi connectivity index (χ4v) is 7.11. The van der Waals surface area contributed by atoms with Crippen molar-refractivity contribution in [3.8, 4) is 30.4 Å². The number of nitrogens with zero attached hydrogens (tertiary/aromatic N) is 1. The molecule has 0 saturated heterocycles. The predicted molar refractivity (Wildman–Crippen MR) is 211 cm³/mol. The third-order valence-electron chi connectivity index (χ3n) is 10.6. The highest BCUT2D eigenvalue weighted by Gasteiger charge is 2.40. The Labute approximate surface area is 327 Å². The smallest absolute Gasteiger partial charge is 0.310 e. The van der Waals surface area contributed by atoms with Gasteiger partial charge in [0.2, 0.25) is 0 Å². The van der Waals surface area contributed by atoms with Crippen molar-refractivity contribution in [3.05, 3.63) is 71.1 Å². The Hall–Kier alpha value is -4.19. The monoisotopic (exact) mass is 759 g/mol. The SMILES string of the molecule is C#CCC(CC)C(=O)OCc1cnc(C)c(OC(O)CCC/C=C\C[C@@H]2C(CC[C@@H](O)CCc3ccccc3)[C@H](O)C[C@@H]2O)c1COC(=O)C(CC)CC#C. The van der Waals surface area contributed by atoms with Gasteiger partial charge in [-0.2, -0.15) is 0 Å². The van der Waals surface area contributed by atoms with Crippen molar-refractivity contribution in [2.24, 2.45) is 23.7 Å². The van der Waals surface area contributed by atoms with E-state index in [-0.39, 0.29) is 43.6 Å². The minimum Gasteiger partial charge on any atom is -0.463 e. The van der Waals surface area contributed by atoms with Gasteiger partial charge < -0.3 is 34.6 Å². The molecule has 8 atom stereocenters. The molecule has 1 aromatic carbocycles. The van der Waals surface area contributed by atoms with E-state index in [9.17, 15) is 30.0 Å². The van der Waals surface area contributed by atoms with Crippen molar-refractivity contribution >= 4 is 11.9 Å². The van der Waals surface area contributed by atoms with Crippen LogP contribution in [0.4, 0.5) is 0 Å². The van der Waals surface area contributed by atoms with Gasteiger partial charge in [0, 0.05) is 36.6 Å². The molecule has 55 heavy (non-hydrogen) atoms. The van der Waals surface area contributed by atoms with Crippen LogP contribution in [0, 0.1) is 55.3 Å². The van der Waals surface area contributed by atoms with Gasteiger partial charge in [0.05, 0.1) is 35.8 Å². The van der Waals surface area contributed by atoms with Crippen molar-refractivity contribution in [2.45, 2.75) is 142 Å². The molecule has 1 aliphatic carbocycles. The van der Waals surface area contributed by atoms with Crippen LogP contribution in [0.15, 0.2) is 48.7 Å². The number of hydrogen-bond acceptors (Lipinski definition) is 10. The van der Waals surface area contributed by atoms with Gasteiger partial charge in [0.15, 0.2) is 12.0 Å². The van der Waals surface area contributed by atoms with Crippen LogP contribution >= 0.6 is 0 Å². The molecule has 0 aliphatic heterocycles. The zero-order chi connectivity index (χ0) is 40.2. The lowest BCUT2D eigenvalue weighted by molar-refractivity contribution is -0.151. The molecule has 300 valence electrons. The summed E-state index contributed by atoms with van der Waals surface area (Å²) in [7, 11) is 0. The van der Waals surface area contributed by atoms with Gasteiger partial charge >= 0.3 is 11.9 Å². The number of allylic oxidation sites excluding steroid dienone is 2. The highest BCUT2D eigenvalue weighted by Crippen LogP contribution is 2.38. The number of ether oxygens (including phenoxy) is 3. The number of carbonyl (C=O) groups excluding carboxylic acids is 2. The fraction of sp³-hybridized carbons (Fsp3) is 0.578. The highest BCUT2D eigenvalue weighted by atomic mass is 16.6. The number of aliphatic hydroxyl groups is 4. The number of hydrogen-bond donors (Lipinski definition) is 4. The summed E-state index contributed by atoms with van der Waals surface area (Å²) in [6.45, 7) is 5.08. The van der Waals surface area contributed by atoms with E-state index >= 15 is 0 Å². The molecule has 0 amide bonds. The molecular formula is C45H61NO9. The summed E-state index contributed by atoms with van der Waals surface area (Å²) in [5.41, 5.74) is 2.55. The van der Waals surface area contributed by atoms with Crippen molar-refractivity contribution in [1.82, 2.24) is 4.98 Å². The largest absolute Gasteiger partial charge is 0.463 e. The van der Waals surface area contributed by atoms with E-state index in [0.717, 1.165) is 6.42 Å². The quantitative estimate of drug-likeness (QED) is 0.0306. The van der Waals surface area contributed by atoms with E-state index in [2.05, 4.69) is 29.0 Å². The second-order valence-corrected chi connectivity index (χ2v) is 14.6. The molecule has 4 N–H and O–H groups in total. The van der Waals surface area contributed by atoms with E-state index in [4.69, 9.17) is 27.1 Å². The van der Waals surface area contributed by atoms with Gasteiger partial charge in [-0.05, 0) is 88.5 Å². The number of aliphatic hydroxyl groups excluding tert-OH is 4. The molecule has 1 heterocycles. The average molecular weight is 760 g/mol. The standard InChI is InChI=1S/C45H61NO9/c1-6-17-33(8-3)44(51)53-29-35-28-46-31(5)43(39(35)30-54-45(52)34(9-4)18-7-2)55-42(50)22-16-11-10-15-21-37-38(41(49)27-40(37)48)26-25-36(47)24-23-32-19-13-12-14-20-32/h1-2,10,12-15,19-20,28,33-34,36-38,40-42,47-50H,8-9,11,16-18,21-27,29-30H2,3-5H3/b15-10-/t33?,34?,36-,37+,38?,40-,41+,42?/m0/s1. The molecular weight excluding hydrogens is 698 g/mol. The summed E-state index contributed by atoms with van der Waals surface area (Å²) in [5, 5.41) is 42.9. The van der Waals surface area contributed by atoms with Gasteiger partial charge in [-0.1, -0.05) is 56.3 Å². The minimum absolute atomic E-state index is 0.0907. The number of aryl methyl sites for hydroxylation is 2. The van der Waals surface area contributed by atoms with E-state index in [1.165, 1.54) is 11.8 Å². The summed E-state index contributed by atoms with van der Waals surface area (Å²) in [4.78, 5) is 30.0. The Kier molecular flexibility index (Phi) is 20.0. The first-order valence-corrected chi connectivity index (χ1v) is 19.8. The topological polar surface area (TPSA) is 156 Å². The Balaban J connectivity index is 1.57. The summed E-state index contributed by atoms with van der Waals surface area (Å²) >= 11 is 0. The van der Waals surface area contributed by atoms with Crippen LogP contribution in [0.25, 0.3) is 0 Å². The number of esters is 2. The van der Waals surface area contributed by atoms with Crippen molar-refractivity contribution in [1.29, 1.82) is 0 Å². The van der Waals surface area contributed by atoms with Gasteiger partial charge in [-0.15, -0.1) is 24.7 Å². The van der Waals surface area contributed by atoms with Crippen molar-refractivity contribution < 1.29 is 44.2 Å². The second-order valence-electron chi connectivity index (χ2n) is 14.6. The zero-order valence-electron chi connectivity index (χ0n) is 32.8. The number of carbonyl (C=O) groups is 2. The molecule has 3 rings (SSSR count). The third-order valence-corrected chi connectivity index (χ3v) is 10.6. The van der Waals surface area contributed by atoms with Crippen molar-refractivity contribution in [3.63, 3.8) is 0 Å². The number of terminal acetylenes is 2. The molecule has 0 spiro atoms. The first-order valence-electron chi connectivity index (χ1n) is 19.8. The van der Waals surface area contributed by atoms with Crippen LogP contribution in [0.3, 0.4) is 0 Å². The van der Waals surface area contributed by atoms with Crippen LogP contribution in [-0.4, -0.2) is 62.0 Å². The average Bonchev–Trinajstić information content (AvgIpc) is 3.45. The summed E-state index contributed by atoms with van der Waals surface area (Å²) in [6, 6.07) is 10.1. The van der Waals surface area contributed by atoms with Crippen LogP contribution < -0.4 is 4.74 Å². The number of unbranched alkanes of at least 4 members (excludes halogenated alkanes) is 1. The molecule has 2 aromatic rings. The molecule has 1 aliphatic rings. The Morgan fingerprint density at radius 1 is 0.909 bits per heavy atom. The normalized spacial score (nSPS) is 20.2. The molecule has 0 bridgehead atoms. The van der Waals surface area contributed by atoms with Gasteiger partial charge in [-0.3, -0.25) is 14.6 Å². The number of benzene rings is 1. The van der Waals surface area contributed by atoms with Gasteiger partial charge in [0.25, 0.3) is 0 Å². The minimum atomic E-state index is -1.20. The lowest BCUT2D eigenvalue weighted by Gasteiger charge is -2.23. The van der Waals surface area contributed by atoms with Crippen molar-refractivity contribution in [2.75, 3.05) is 0 Å². The molecule has 0 radical (unpaired) electrons. The molecule has 1 fully saturated rings. The molecule has 1 aromatic heterocycles. The third kappa shape index (κ3) is 14.8. The van der Waals surface area contributed by atoms with Gasteiger partial charge in [0.1, 0.15) is 13.2 Å². The number of pyridine rings is 1. The van der Waals surface area contributed by atoms with E-state index in [0.29, 0.717) is 81.0 Å². The van der Waals surface area contributed by atoms with Crippen LogP contribution in [-0.2, 0) is 38.7 Å². The van der Waals surface area contributed by atoms with Crippen LogP contribution in [0.5, 0.6) is 5.75 Å². The Morgan fingerprint density at radius 2 is 1.55 bits per heavy atom. The predicted octanol–water partition coefficient (Wildman–Crippen LogP) is 6.52. The van der Waals surface area contributed by atoms with E-state index in [1.807, 2.05) is 44.2 Å². The van der Waals surface area contributed by atoms with E-state index < -0.39 is 48.4 Å². The molecule has 10 heteroatoms. The maximum Gasteiger partial charge on any atom is 0.310 e. The first-order chi connectivity index (χ1) is 26.5. The summed E-state index contributed by atoms with van der Waals surface area (Å²) in [5.74, 6) is 3.25.